The van der Waals surface area contributed by atoms with Crippen LogP contribution < -0.4 is 21.5 Å². The summed E-state index contributed by atoms with van der Waals surface area (Å²) in [6.07, 6.45) is 4.88. The average Bonchev–Trinajstić information content (AvgIpc) is 2.54. The van der Waals surface area contributed by atoms with Crippen LogP contribution >= 0.6 is 12.2 Å². The van der Waals surface area contributed by atoms with E-state index in [1.54, 1.807) is 0 Å². The number of benzene rings is 1. The quantitative estimate of drug-likeness (QED) is 0.490. The maximum atomic E-state index is 12.0. The number of hydrogen-bond donors (Lipinski definition) is 4. The van der Waals surface area contributed by atoms with Crippen molar-refractivity contribution in [1.29, 1.82) is 0 Å². The van der Waals surface area contributed by atoms with Crippen molar-refractivity contribution < 1.29 is 4.79 Å². The second-order valence-corrected chi connectivity index (χ2v) is 7.55. The minimum atomic E-state index is -0.153. The number of hydrogen-bond acceptors (Lipinski definition) is 3. The molecular weight excluding hydrogens is 332 g/mol. The normalized spacial score (nSPS) is 19.8. The van der Waals surface area contributed by atoms with Crippen LogP contribution in [0.25, 0.3) is 0 Å². The highest BCUT2D eigenvalue weighted by Gasteiger charge is 2.21. The molecule has 6 heteroatoms. The van der Waals surface area contributed by atoms with Crippen molar-refractivity contribution in [3.8, 4) is 0 Å². The molecule has 0 aliphatic heterocycles. The monoisotopic (exact) mass is 362 g/mol. The molecule has 0 radical (unpaired) electrons. The maximum absolute atomic E-state index is 12.0. The molecule has 0 heterocycles. The topological polar surface area (TPSA) is 65.2 Å². The number of thiocarbonyl (C=S) groups is 1. The van der Waals surface area contributed by atoms with Crippen LogP contribution in [-0.2, 0) is 4.79 Å². The molecule has 25 heavy (non-hydrogen) atoms. The Morgan fingerprint density at radius 2 is 1.76 bits per heavy atom. The zero-order chi connectivity index (χ0) is 18.4. The second-order valence-electron chi connectivity index (χ2n) is 7.14. The molecule has 5 nitrogen and oxygen atoms in total. The van der Waals surface area contributed by atoms with E-state index < -0.39 is 0 Å². The Kier molecular flexibility index (Phi) is 7.05. The first-order valence-electron chi connectivity index (χ1n) is 9.04. The van der Waals surface area contributed by atoms with Gasteiger partial charge in [-0.05, 0) is 62.9 Å². The Morgan fingerprint density at radius 1 is 1.12 bits per heavy atom. The van der Waals surface area contributed by atoms with Crippen molar-refractivity contribution in [3.63, 3.8) is 0 Å². The van der Waals surface area contributed by atoms with Gasteiger partial charge < -0.3 is 10.6 Å². The van der Waals surface area contributed by atoms with Gasteiger partial charge in [0, 0.05) is 11.7 Å². The summed E-state index contributed by atoms with van der Waals surface area (Å²) in [5.74, 6) is 0.457. The van der Waals surface area contributed by atoms with Gasteiger partial charge in [-0.2, -0.15) is 0 Å². The van der Waals surface area contributed by atoms with Gasteiger partial charge in [-0.15, -0.1) is 0 Å². The van der Waals surface area contributed by atoms with E-state index in [1.165, 1.54) is 24.8 Å². The first kappa shape index (κ1) is 19.5. The van der Waals surface area contributed by atoms with E-state index in [4.69, 9.17) is 12.2 Å². The van der Waals surface area contributed by atoms with E-state index in [0.717, 1.165) is 23.2 Å². The van der Waals surface area contributed by atoms with Crippen molar-refractivity contribution in [2.75, 3.05) is 11.9 Å². The average molecular weight is 363 g/mol. The van der Waals surface area contributed by atoms with Crippen LogP contribution in [0.1, 0.15) is 49.3 Å². The molecule has 2 rings (SSSR count). The molecule has 1 aromatic rings. The number of carbonyl (C=O) groups excluding carboxylic acids is 1. The molecule has 1 aromatic carbocycles. The third kappa shape index (κ3) is 5.88. The highest BCUT2D eigenvalue weighted by Crippen LogP contribution is 2.23. The lowest BCUT2D eigenvalue weighted by atomic mass is 9.86. The molecule has 1 amide bonds. The van der Waals surface area contributed by atoms with E-state index in [-0.39, 0.29) is 12.5 Å². The largest absolute Gasteiger partial charge is 0.376 e. The van der Waals surface area contributed by atoms with Gasteiger partial charge in [-0.25, -0.2) is 0 Å². The van der Waals surface area contributed by atoms with Gasteiger partial charge in [0.1, 0.15) is 0 Å². The Labute approximate surface area is 156 Å². The van der Waals surface area contributed by atoms with Crippen LogP contribution in [0.15, 0.2) is 12.1 Å². The van der Waals surface area contributed by atoms with Gasteiger partial charge in [-0.1, -0.05) is 37.5 Å². The fraction of sp³-hybridized carbons (Fsp3) is 0.579. The Morgan fingerprint density at radius 3 is 2.40 bits per heavy atom. The molecule has 1 saturated carbocycles. The number of nitrogens with one attached hydrogen (secondary N) is 4. The molecule has 1 aliphatic carbocycles. The number of amides is 1. The lowest BCUT2D eigenvalue weighted by molar-refractivity contribution is -0.119. The number of rotatable bonds is 4. The van der Waals surface area contributed by atoms with Crippen molar-refractivity contribution >= 4 is 28.9 Å². The maximum Gasteiger partial charge on any atom is 0.257 e. The third-order valence-electron chi connectivity index (χ3n) is 4.85. The molecule has 4 N–H and O–H groups in total. The molecule has 138 valence electrons. The van der Waals surface area contributed by atoms with Gasteiger partial charge in [0.15, 0.2) is 5.11 Å². The minimum Gasteiger partial charge on any atom is -0.376 e. The summed E-state index contributed by atoms with van der Waals surface area (Å²) >= 11 is 5.28. The van der Waals surface area contributed by atoms with E-state index >= 15 is 0 Å². The molecular formula is C19H30N4OS. The predicted octanol–water partition coefficient (Wildman–Crippen LogP) is 3.10. The van der Waals surface area contributed by atoms with Crippen molar-refractivity contribution in [2.24, 2.45) is 5.92 Å². The van der Waals surface area contributed by atoms with Gasteiger partial charge in [-0.3, -0.25) is 15.6 Å². The van der Waals surface area contributed by atoms with E-state index in [9.17, 15) is 4.79 Å². The Bertz CT molecular complexity index is 609. The first-order valence-corrected chi connectivity index (χ1v) is 9.44. The number of hydrazine groups is 1. The molecule has 0 saturated heterocycles. The number of aryl methyl sites for hydroxylation is 3. The summed E-state index contributed by atoms with van der Waals surface area (Å²) in [6.45, 7) is 8.60. The highest BCUT2D eigenvalue weighted by molar-refractivity contribution is 7.80. The molecule has 2 atom stereocenters. The van der Waals surface area contributed by atoms with Crippen LogP contribution in [-0.4, -0.2) is 23.6 Å². The molecule has 1 fully saturated rings. The lowest BCUT2D eigenvalue weighted by Crippen LogP contribution is -2.52. The summed E-state index contributed by atoms with van der Waals surface area (Å²) in [6, 6.07) is 4.60. The van der Waals surface area contributed by atoms with Crippen LogP contribution in [0.4, 0.5) is 5.69 Å². The smallest absolute Gasteiger partial charge is 0.257 e. The van der Waals surface area contributed by atoms with Crippen molar-refractivity contribution in [3.05, 3.63) is 28.8 Å². The van der Waals surface area contributed by atoms with E-state index in [0.29, 0.717) is 17.1 Å². The van der Waals surface area contributed by atoms with Crippen LogP contribution in [0.2, 0.25) is 0 Å². The van der Waals surface area contributed by atoms with Crippen molar-refractivity contribution in [2.45, 2.75) is 59.4 Å². The van der Waals surface area contributed by atoms with Gasteiger partial charge in [0.25, 0.3) is 5.91 Å². The summed E-state index contributed by atoms with van der Waals surface area (Å²) in [7, 11) is 0. The second kappa shape index (κ2) is 9.04. The lowest BCUT2D eigenvalue weighted by Gasteiger charge is -2.30. The van der Waals surface area contributed by atoms with Crippen LogP contribution in [0.5, 0.6) is 0 Å². The van der Waals surface area contributed by atoms with Gasteiger partial charge in [0.05, 0.1) is 6.54 Å². The molecule has 0 aromatic heterocycles. The fourth-order valence-electron chi connectivity index (χ4n) is 3.53. The third-order valence-corrected chi connectivity index (χ3v) is 5.07. The molecule has 0 bridgehead atoms. The van der Waals surface area contributed by atoms with Gasteiger partial charge in [0.2, 0.25) is 0 Å². The predicted molar refractivity (Wildman–Crippen MR) is 108 cm³/mol. The molecule has 0 unspecified atom stereocenters. The van der Waals surface area contributed by atoms with Gasteiger partial charge >= 0.3 is 0 Å². The Hall–Kier alpha value is -1.82. The van der Waals surface area contributed by atoms with Crippen LogP contribution in [0.3, 0.4) is 0 Å². The number of carbonyl (C=O) groups is 1. The van der Waals surface area contributed by atoms with E-state index in [2.05, 4.69) is 47.5 Å². The summed E-state index contributed by atoms with van der Waals surface area (Å²) in [5, 5.41) is 6.99. The molecule has 0 spiro atoms. The minimum absolute atomic E-state index is 0.153. The fourth-order valence-corrected chi connectivity index (χ4v) is 3.74. The Balaban J connectivity index is 1.74. The highest BCUT2D eigenvalue weighted by atomic mass is 32.1. The summed E-state index contributed by atoms with van der Waals surface area (Å²) < 4.78 is 0. The first-order chi connectivity index (χ1) is 11.9. The van der Waals surface area contributed by atoms with Crippen molar-refractivity contribution in [1.82, 2.24) is 16.2 Å². The summed E-state index contributed by atoms with van der Waals surface area (Å²) in [5.41, 5.74) is 9.97. The van der Waals surface area contributed by atoms with Crippen LogP contribution in [0, 0.1) is 26.7 Å². The zero-order valence-corrected chi connectivity index (χ0v) is 16.5. The summed E-state index contributed by atoms with van der Waals surface area (Å²) in [4.78, 5) is 12.0. The SMILES string of the molecule is Cc1cc(C)c(NCC(=O)NNC(=S)N[C@H]2CCCC[C@@H]2C)c(C)c1. The standard InChI is InChI=1S/C19H30N4OS/c1-12-9-14(3)18(15(4)10-12)20-11-17(24)22-23-19(25)21-16-8-6-5-7-13(16)2/h9-10,13,16,20H,5-8,11H2,1-4H3,(H,22,24)(H2,21,23,25)/t13-,16-/m0/s1. The zero-order valence-electron chi connectivity index (χ0n) is 15.7. The molecule has 1 aliphatic rings. The van der Waals surface area contributed by atoms with E-state index in [1.807, 2.05) is 13.8 Å². The number of anilines is 1.